The van der Waals surface area contributed by atoms with Gasteiger partial charge in [-0.05, 0) is 36.9 Å². The maximum Gasteiger partial charge on any atom is 0.270 e. The lowest BCUT2D eigenvalue weighted by atomic mass is 10.2. The van der Waals surface area contributed by atoms with Gasteiger partial charge in [0.05, 0.1) is 0 Å². The van der Waals surface area contributed by atoms with E-state index in [1.54, 1.807) is 11.1 Å². The van der Waals surface area contributed by atoms with Crippen molar-refractivity contribution >= 4 is 28.5 Å². The van der Waals surface area contributed by atoms with E-state index in [9.17, 15) is 4.79 Å². The molecule has 0 spiro atoms. The van der Waals surface area contributed by atoms with Gasteiger partial charge in [-0.15, -0.1) is 0 Å². The number of aromatic nitrogens is 3. The van der Waals surface area contributed by atoms with E-state index in [2.05, 4.69) is 21.5 Å². The molecule has 0 saturated heterocycles. The second kappa shape index (κ2) is 6.24. The number of hydrogen-bond donors (Lipinski definition) is 0. The van der Waals surface area contributed by atoms with Crippen molar-refractivity contribution in [1.29, 1.82) is 0 Å². The van der Waals surface area contributed by atoms with Crippen LogP contribution in [0.4, 0.5) is 0 Å². The number of carbonyl (C=O) groups excluding carboxylic acids is 1. The molecule has 0 unspecified atom stereocenters. The Balaban J connectivity index is 2.11. The summed E-state index contributed by atoms with van der Waals surface area (Å²) in [6.45, 7) is 2.82. The minimum absolute atomic E-state index is 0.0443. The molecule has 22 heavy (non-hydrogen) atoms. The van der Waals surface area contributed by atoms with Crippen LogP contribution in [-0.2, 0) is 0 Å². The lowest BCUT2D eigenvalue weighted by Gasteiger charge is -2.21. The monoisotopic (exact) mass is 320 g/mol. The molecule has 1 aliphatic carbocycles. The highest BCUT2D eigenvalue weighted by Gasteiger charge is 2.26. The molecule has 0 aliphatic heterocycles. The molecule has 1 aliphatic rings. The lowest BCUT2D eigenvalue weighted by Crippen LogP contribution is -2.30. The predicted molar refractivity (Wildman–Crippen MR) is 87.3 cm³/mol. The first kappa shape index (κ1) is 15.3. The summed E-state index contributed by atoms with van der Waals surface area (Å²) in [6, 6.07) is 2.23. The van der Waals surface area contributed by atoms with Gasteiger partial charge in [0.2, 0.25) is 5.28 Å². The quantitative estimate of drug-likeness (QED) is 0.807. The highest BCUT2D eigenvalue weighted by Crippen LogP contribution is 2.34. The van der Waals surface area contributed by atoms with Crippen LogP contribution < -0.4 is 0 Å². The Bertz CT molecular complexity index is 691. The first-order chi connectivity index (χ1) is 10.6. The van der Waals surface area contributed by atoms with Crippen LogP contribution >= 0.6 is 11.6 Å². The van der Waals surface area contributed by atoms with Crippen LogP contribution in [0.2, 0.25) is 5.28 Å². The Morgan fingerprint density at radius 2 is 2.18 bits per heavy atom. The predicted octanol–water partition coefficient (Wildman–Crippen LogP) is 3.68. The van der Waals surface area contributed by atoms with Crippen LogP contribution in [0.5, 0.6) is 0 Å². The zero-order valence-corrected chi connectivity index (χ0v) is 13.8. The second-order valence-corrected chi connectivity index (χ2v) is 6.32. The van der Waals surface area contributed by atoms with Gasteiger partial charge in [-0.25, -0.2) is 4.98 Å². The van der Waals surface area contributed by atoms with Gasteiger partial charge in [-0.1, -0.05) is 19.8 Å². The van der Waals surface area contributed by atoms with Gasteiger partial charge in [-0.3, -0.25) is 4.79 Å². The number of amides is 1. The van der Waals surface area contributed by atoms with Gasteiger partial charge >= 0.3 is 0 Å². The molecule has 0 atom stereocenters. The minimum atomic E-state index is 0.0443. The van der Waals surface area contributed by atoms with E-state index in [1.807, 2.05) is 13.1 Å². The molecule has 2 heterocycles. The van der Waals surface area contributed by atoms with Crippen LogP contribution in [0.25, 0.3) is 11.0 Å². The standard InChI is InChI=1S/C16H21ClN4O/c1-3-8-20(2)15(22)13-9-11-10-18-16(17)19-14(11)21(13)12-6-4-5-7-12/h9-10,12H,3-8H2,1-2H3. The molecule has 1 amide bonds. The topological polar surface area (TPSA) is 51.0 Å². The maximum atomic E-state index is 12.8. The number of fused-ring (bicyclic) bond motifs is 1. The van der Waals surface area contributed by atoms with E-state index in [0.717, 1.165) is 36.8 Å². The van der Waals surface area contributed by atoms with Crippen molar-refractivity contribution in [3.63, 3.8) is 0 Å². The molecule has 6 heteroatoms. The first-order valence-electron chi connectivity index (χ1n) is 7.90. The number of nitrogens with zero attached hydrogens (tertiary/aromatic N) is 4. The summed E-state index contributed by atoms with van der Waals surface area (Å²) in [5.74, 6) is 0.0443. The summed E-state index contributed by atoms with van der Waals surface area (Å²) in [5, 5.41) is 1.11. The van der Waals surface area contributed by atoms with Gasteiger partial charge in [0.25, 0.3) is 5.91 Å². The van der Waals surface area contributed by atoms with Crippen LogP contribution in [0.15, 0.2) is 12.3 Å². The Kier molecular flexibility index (Phi) is 4.34. The molecule has 0 aromatic carbocycles. The average molecular weight is 321 g/mol. The fraction of sp³-hybridized carbons (Fsp3) is 0.562. The maximum absolute atomic E-state index is 12.8. The lowest BCUT2D eigenvalue weighted by molar-refractivity contribution is 0.0782. The van der Waals surface area contributed by atoms with Gasteiger partial charge in [-0.2, -0.15) is 4.98 Å². The molecule has 118 valence electrons. The Morgan fingerprint density at radius 3 is 2.86 bits per heavy atom. The largest absolute Gasteiger partial charge is 0.340 e. The SMILES string of the molecule is CCCN(C)C(=O)c1cc2cnc(Cl)nc2n1C1CCCC1. The molecule has 2 aromatic rings. The number of rotatable bonds is 4. The highest BCUT2D eigenvalue weighted by molar-refractivity contribution is 6.28. The van der Waals surface area contributed by atoms with Crippen LogP contribution in [0, 0.1) is 0 Å². The molecule has 1 saturated carbocycles. The Morgan fingerprint density at radius 1 is 1.45 bits per heavy atom. The Hall–Kier alpha value is -1.62. The van der Waals surface area contributed by atoms with Gasteiger partial charge in [0, 0.05) is 31.2 Å². The Labute approximate surface area is 135 Å². The van der Waals surface area contributed by atoms with E-state index in [-0.39, 0.29) is 11.2 Å². The zero-order chi connectivity index (χ0) is 15.7. The van der Waals surface area contributed by atoms with Crippen molar-refractivity contribution in [1.82, 2.24) is 19.4 Å². The third-order valence-electron chi connectivity index (χ3n) is 4.36. The summed E-state index contributed by atoms with van der Waals surface area (Å²) in [4.78, 5) is 23.0. The summed E-state index contributed by atoms with van der Waals surface area (Å²) >= 11 is 5.97. The normalized spacial score (nSPS) is 15.6. The van der Waals surface area contributed by atoms with Crippen LogP contribution in [-0.4, -0.2) is 38.9 Å². The second-order valence-electron chi connectivity index (χ2n) is 5.98. The molecule has 0 bridgehead atoms. The third kappa shape index (κ3) is 2.70. The fourth-order valence-electron chi connectivity index (χ4n) is 3.32. The average Bonchev–Trinajstić information content (AvgIpc) is 3.12. The fourth-order valence-corrected chi connectivity index (χ4v) is 3.45. The van der Waals surface area contributed by atoms with E-state index in [1.165, 1.54) is 12.8 Å². The first-order valence-corrected chi connectivity index (χ1v) is 8.28. The van der Waals surface area contributed by atoms with Crippen molar-refractivity contribution in [3.8, 4) is 0 Å². The number of hydrogen-bond acceptors (Lipinski definition) is 3. The van der Waals surface area contributed by atoms with Crippen molar-refractivity contribution in [3.05, 3.63) is 23.2 Å². The van der Waals surface area contributed by atoms with Crippen molar-refractivity contribution in [2.45, 2.75) is 45.1 Å². The van der Waals surface area contributed by atoms with Crippen LogP contribution in [0.1, 0.15) is 55.6 Å². The summed E-state index contributed by atoms with van der Waals surface area (Å²) in [7, 11) is 1.85. The molecular formula is C16H21ClN4O. The van der Waals surface area contributed by atoms with Crippen molar-refractivity contribution in [2.75, 3.05) is 13.6 Å². The third-order valence-corrected chi connectivity index (χ3v) is 4.54. The van der Waals surface area contributed by atoms with Crippen LogP contribution in [0.3, 0.4) is 0 Å². The smallest absolute Gasteiger partial charge is 0.270 e. The molecule has 1 fully saturated rings. The summed E-state index contributed by atoms with van der Waals surface area (Å²) < 4.78 is 2.09. The molecule has 2 aromatic heterocycles. The van der Waals surface area contributed by atoms with Crippen molar-refractivity contribution in [2.24, 2.45) is 0 Å². The minimum Gasteiger partial charge on any atom is -0.340 e. The highest BCUT2D eigenvalue weighted by atomic mass is 35.5. The summed E-state index contributed by atoms with van der Waals surface area (Å²) in [5.41, 5.74) is 1.48. The van der Waals surface area contributed by atoms with E-state index >= 15 is 0 Å². The molecule has 0 radical (unpaired) electrons. The molecular weight excluding hydrogens is 300 g/mol. The van der Waals surface area contributed by atoms with E-state index in [0.29, 0.717) is 11.7 Å². The molecule has 5 nitrogen and oxygen atoms in total. The van der Waals surface area contributed by atoms with Crippen molar-refractivity contribution < 1.29 is 4.79 Å². The van der Waals surface area contributed by atoms with E-state index < -0.39 is 0 Å². The van der Waals surface area contributed by atoms with Gasteiger partial charge < -0.3 is 9.47 Å². The van der Waals surface area contributed by atoms with Gasteiger partial charge in [0.1, 0.15) is 11.3 Å². The molecule has 0 N–H and O–H groups in total. The van der Waals surface area contributed by atoms with Gasteiger partial charge in [0.15, 0.2) is 0 Å². The zero-order valence-electron chi connectivity index (χ0n) is 13.0. The van der Waals surface area contributed by atoms with E-state index in [4.69, 9.17) is 11.6 Å². The molecule has 3 rings (SSSR count). The number of carbonyl (C=O) groups is 1. The number of halogens is 1. The summed E-state index contributed by atoms with van der Waals surface area (Å²) in [6.07, 6.45) is 7.21.